The molecule has 1 amide bonds. The zero-order chi connectivity index (χ0) is 19.3. The summed E-state index contributed by atoms with van der Waals surface area (Å²) in [5.74, 6) is -3.35. The highest BCUT2D eigenvalue weighted by atomic mass is 32.2. The molecule has 1 atom stereocenters. The summed E-state index contributed by atoms with van der Waals surface area (Å²) >= 11 is 0. The van der Waals surface area contributed by atoms with Crippen LogP contribution in [0, 0.1) is 0 Å². The van der Waals surface area contributed by atoms with Crippen LogP contribution in [0.4, 0.5) is 0 Å². The van der Waals surface area contributed by atoms with Crippen LogP contribution in [-0.2, 0) is 14.6 Å². The summed E-state index contributed by atoms with van der Waals surface area (Å²) in [6.07, 6.45) is 3.14. The van der Waals surface area contributed by atoms with Gasteiger partial charge >= 0.3 is 0 Å². The molecule has 0 aromatic carbocycles. The van der Waals surface area contributed by atoms with Crippen LogP contribution in [0.5, 0.6) is 5.88 Å². The van der Waals surface area contributed by atoms with E-state index in [1.165, 1.54) is 6.07 Å². The number of pyridine rings is 1. The van der Waals surface area contributed by atoms with Crippen molar-refractivity contribution in [2.45, 2.75) is 50.3 Å². The van der Waals surface area contributed by atoms with Crippen molar-refractivity contribution in [1.82, 2.24) is 4.98 Å². The number of nitrogens with zero attached hydrogens (tertiary/aromatic N) is 1. The van der Waals surface area contributed by atoms with E-state index in [0.717, 1.165) is 12.3 Å². The highest BCUT2D eigenvalue weighted by molar-refractivity contribution is 7.92. The van der Waals surface area contributed by atoms with Gasteiger partial charge in [0.1, 0.15) is 0 Å². The minimum absolute atomic E-state index is 0.100. The maximum absolute atomic E-state index is 12.7. The molecule has 0 aliphatic carbocycles. The van der Waals surface area contributed by atoms with Gasteiger partial charge in [-0.2, -0.15) is 0 Å². The number of aromatic hydroxyl groups is 1. The molecule has 1 rings (SSSR count). The Morgan fingerprint density at radius 1 is 1.24 bits per heavy atom. The van der Waals surface area contributed by atoms with Crippen LogP contribution in [0.2, 0.25) is 0 Å². The molecule has 25 heavy (non-hydrogen) atoms. The number of rotatable bonds is 10. The van der Waals surface area contributed by atoms with Gasteiger partial charge in [0.05, 0.1) is 11.0 Å². The zero-order valence-electron chi connectivity index (χ0n) is 14.4. The second-order valence-electron chi connectivity index (χ2n) is 6.08. The summed E-state index contributed by atoms with van der Waals surface area (Å²) in [6.45, 7) is 3.71. The van der Waals surface area contributed by atoms with E-state index < -0.39 is 38.1 Å². The number of carbonyl (C=O) groups is 2. The topological polar surface area (TPSA) is 153 Å². The molecule has 1 aromatic rings. The Morgan fingerprint density at radius 2 is 1.80 bits per heavy atom. The van der Waals surface area contributed by atoms with Gasteiger partial charge in [-0.25, -0.2) is 13.4 Å². The van der Waals surface area contributed by atoms with Crippen molar-refractivity contribution in [3.63, 3.8) is 0 Å². The lowest BCUT2D eigenvalue weighted by molar-refractivity contribution is -0.120. The Bertz CT molecular complexity index is 712. The molecule has 5 N–H and O–H groups in total. The van der Waals surface area contributed by atoms with Crippen molar-refractivity contribution in [3.8, 4) is 5.88 Å². The van der Waals surface area contributed by atoms with Crippen LogP contribution in [0.1, 0.15) is 49.9 Å². The van der Waals surface area contributed by atoms with Crippen LogP contribution >= 0.6 is 0 Å². The van der Waals surface area contributed by atoms with Gasteiger partial charge in [-0.15, -0.1) is 0 Å². The molecular formula is C16H25N3O5S. The van der Waals surface area contributed by atoms with Gasteiger partial charge in [-0.05, 0) is 18.9 Å². The smallest absolute Gasteiger partial charge is 0.246 e. The molecule has 8 nitrogen and oxygen atoms in total. The Hall–Kier alpha value is -2.00. The monoisotopic (exact) mass is 371 g/mol. The average Bonchev–Trinajstić information content (AvgIpc) is 2.54. The summed E-state index contributed by atoms with van der Waals surface area (Å²) in [5.41, 5.74) is 8.66. The third kappa shape index (κ3) is 4.99. The highest BCUT2D eigenvalue weighted by Gasteiger charge is 2.46. The highest BCUT2D eigenvalue weighted by Crippen LogP contribution is 2.22. The number of hydrogen-bond acceptors (Lipinski definition) is 7. The molecule has 9 heteroatoms. The zero-order valence-corrected chi connectivity index (χ0v) is 15.3. The summed E-state index contributed by atoms with van der Waals surface area (Å²) in [7, 11) is -3.83. The van der Waals surface area contributed by atoms with Crippen molar-refractivity contribution < 1.29 is 23.1 Å². The Labute approximate surface area is 147 Å². The Balaban J connectivity index is 3.22. The first-order valence-corrected chi connectivity index (χ1v) is 9.80. The summed E-state index contributed by atoms with van der Waals surface area (Å²) in [5, 5.41) is 8.50. The molecule has 0 aliphatic heterocycles. The molecule has 0 bridgehead atoms. The first-order chi connectivity index (χ1) is 11.6. The number of primary amides is 1. The van der Waals surface area contributed by atoms with Gasteiger partial charge in [0.15, 0.2) is 21.2 Å². The van der Waals surface area contributed by atoms with Gasteiger partial charge in [-0.1, -0.05) is 26.7 Å². The average molecular weight is 371 g/mol. The van der Waals surface area contributed by atoms with Crippen molar-refractivity contribution >= 4 is 21.5 Å². The van der Waals surface area contributed by atoms with Gasteiger partial charge in [-0.3, -0.25) is 9.59 Å². The molecule has 140 valence electrons. The lowest BCUT2D eigenvalue weighted by atomic mass is 9.92. The lowest BCUT2D eigenvalue weighted by Gasteiger charge is -2.27. The SMILES string of the molecule is CCCC(CCC)S(=O)(=O)C[C@](N)(C(N)=O)C(=O)c1ccc(O)nc1. The summed E-state index contributed by atoms with van der Waals surface area (Å²) < 4.78 is 25.4. The Morgan fingerprint density at radius 3 is 2.20 bits per heavy atom. The second kappa shape index (κ2) is 8.39. The van der Waals surface area contributed by atoms with Crippen molar-refractivity contribution in [3.05, 3.63) is 23.9 Å². The van der Waals surface area contributed by atoms with E-state index in [-0.39, 0.29) is 11.4 Å². The van der Waals surface area contributed by atoms with Crippen molar-refractivity contribution in [2.75, 3.05) is 5.75 Å². The largest absolute Gasteiger partial charge is 0.493 e. The quantitative estimate of drug-likeness (QED) is 0.400. The molecule has 0 saturated heterocycles. The standard InChI is InChI=1S/C16H25N3O5S/c1-3-5-12(6-4-2)25(23,24)10-16(18,15(17)22)14(21)11-7-8-13(20)19-9-11/h7-9,12H,3-6,10,18H2,1-2H3,(H2,17,22)(H,19,20)/t16-/m1/s1. The number of sulfone groups is 1. The van der Waals surface area contributed by atoms with Gasteiger partial charge in [0.2, 0.25) is 11.8 Å². The first-order valence-electron chi connectivity index (χ1n) is 8.08. The fourth-order valence-corrected chi connectivity index (χ4v) is 4.94. The van der Waals surface area contributed by atoms with E-state index in [2.05, 4.69) is 4.98 Å². The third-order valence-corrected chi connectivity index (χ3v) is 6.36. The predicted molar refractivity (Wildman–Crippen MR) is 93.7 cm³/mol. The molecule has 0 aliphatic rings. The maximum atomic E-state index is 12.7. The molecule has 0 saturated carbocycles. The fraction of sp³-hybridized carbons (Fsp3) is 0.562. The minimum Gasteiger partial charge on any atom is -0.493 e. The predicted octanol–water partition coefficient (Wildman–Crippen LogP) is 0.536. The number of nitrogens with two attached hydrogens (primary N) is 2. The normalized spacial score (nSPS) is 14.2. The maximum Gasteiger partial charge on any atom is 0.246 e. The molecule has 0 spiro atoms. The number of ketones is 1. The molecule has 1 heterocycles. The van der Waals surface area contributed by atoms with Gasteiger partial charge in [0, 0.05) is 17.8 Å². The van der Waals surface area contributed by atoms with Crippen LogP contribution in [0.15, 0.2) is 18.3 Å². The van der Waals surface area contributed by atoms with Crippen LogP contribution in [0.3, 0.4) is 0 Å². The van der Waals surface area contributed by atoms with E-state index in [0.29, 0.717) is 25.7 Å². The van der Waals surface area contributed by atoms with E-state index in [4.69, 9.17) is 11.5 Å². The summed E-state index contributed by atoms with van der Waals surface area (Å²) in [4.78, 5) is 28.0. The van der Waals surface area contributed by atoms with Crippen molar-refractivity contribution in [1.29, 1.82) is 0 Å². The van der Waals surface area contributed by atoms with E-state index >= 15 is 0 Å². The van der Waals surface area contributed by atoms with Crippen LogP contribution in [0.25, 0.3) is 0 Å². The third-order valence-electron chi connectivity index (χ3n) is 4.01. The number of aromatic nitrogens is 1. The molecule has 0 fully saturated rings. The summed E-state index contributed by atoms with van der Waals surface area (Å²) in [6, 6.07) is 2.34. The molecular weight excluding hydrogens is 346 g/mol. The van der Waals surface area contributed by atoms with Crippen LogP contribution < -0.4 is 11.5 Å². The number of carbonyl (C=O) groups excluding carboxylic acids is 2. The number of Topliss-reactive ketones (excluding diaryl/α,β-unsaturated/α-hetero) is 1. The first kappa shape index (κ1) is 21.0. The molecule has 0 unspecified atom stereocenters. The van der Waals surface area contributed by atoms with E-state index in [9.17, 15) is 23.1 Å². The fourth-order valence-electron chi connectivity index (χ4n) is 2.61. The second-order valence-corrected chi connectivity index (χ2v) is 8.36. The molecule has 1 aromatic heterocycles. The van der Waals surface area contributed by atoms with E-state index in [1.807, 2.05) is 13.8 Å². The van der Waals surface area contributed by atoms with Gasteiger partial charge in [0.25, 0.3) is 0 Å². The Kier molecular flexibility index (Phi) is 7.06. The van der Waals surface area contributed by atoms with Crippen molar-refractivity contribution in [2.24, 2.45) is 11.5 Å². The lowest BCUT2D eigenvalue weighted by Crippen LogP contribution is -2.63. The van der Waals surface area contributed by atoms with E-state index in [1.54, 1.807) is 0 Å². The number of amides is 1. The van der Waals surface area contributed by atoms with Crippen LogP contribution in [-0.4, -0.2) is 46.7 Å². The molecule has 0 radical (unpaired) electrons. The minimum atomic E-state index is -3.83. The number of hydrogen-bond donors (Lipinski definition) is 3. The van der Waals surface area contributed by atoms with Gasteiger partial charge < -0.3 is 16.6 Å².